The molecule has 6 N–H and O–H groups in total. The highest BCUT2D eigenvalue weighted by molar-refractivity contribution is 7.60. The second-order valence-electron chi connectivity index (χ2n) is 8.38. The number of phenols is 2. The fourth-order valence-corrected chi connectivity index (χ4v) is 4.69. The van der Waals surface area contributed by atoms with Gasteiger partial charge in [0.05, 0.1) is 0 Å². The molecule has 0 saturated carbocycles. The molecule has 178 valence electrons. The van der Waals surface area contributed by atoms with Gasteiger partial charge in [0.15, 0.2) is 0 Å². The molecular weight excluding hydrogens is 409 g/mol. The summed E-state index contributed by atoms with van der Waals surface area (Å²) in [4.78, 5) is 0. The fourth-order valence-electron chi connectivity index (χ4n) is 3.72. The highest BCUT2D eigenvalue weighted by Crippen LogP contribution is 2.46. The monoisotopic (exact) mass is 453 g/mol. The summed E-state index contributed by atoms with van der Waals surface area (Å²) in [5.41, 5.74) is 11.3. The zero-order valence-corrected chi connectivity index (χ0v) is 20.2. The lowest BCUT2D eigenvalue weighted by Crippen LogP contribution is -2.29. The van der Waals surface area contributed by atoms with E-state index in [2.05, 4.69) is 19.1 Å². The quantitative estimate of drug-likeness (QED) is 0.108. The van der Waals surface area contributed by atoms with Crippen molar-refractivity contribution in [3.8, 4) is 11.5 Å². The van der Waals surface area contributed by atoms with E-state index in [0.29, 0.717) is 6.54 Å². The van der Waals surface area contributed by atoms with Gasteiger partial charge in [-0.05, 0) is 44.2 Å². The maximum absolute atomic E-state index is 12.3. The van der Waals surface area contributed by atoms with Gasteiger partial charge in [0.25, 0.3) is 0 Å². The molecule has 0 atom stereocenters. The molecule has 6 nitrogen and oxygen atoms in total. The van der Waals surface area contributed by atoms with Crippen LogP contribution in [-0.4, -0.2) is 16.8 Å². The Labute approximate surface area is 189 Å². The Morgan fingerprint density at radius 3 is 1.74 bits per heavy atom. The van der Waals surface area contributed by atoms with E-state index in [0.717, 1.165) is 32.1 Å². The minimum absolute atomic E-state index is 0.0450. The second-order valence-corrected chi connectivity index (χ2v) is 10.2. The van der Waals surface area contributed by atoms with Gasteiger partial charge in [0, 0.05) is 6.54 Å². The van der Waals surface area contributed by atoms with Gasteiger partial charge in [-0.3, -0.25) is 20.2 Å². The van der Waals surface area contributed by atoms with Crippen molar-refractivity contribution in [2.24, 2.45) is 11.0 Å². The van der Waals surface area contributed by atoms with Crippen LogP contribution in [0.3, 0.4) is 0 Å². The number of unbranched alkanes of at least 4 members (excludes halogenated alkanes) is 12. The summed E-state index contributed by atoms with van der Waals surface area (Å²) < 4.78 is 13.5. The SMILES string of the molecule is CCCCCCCCC=CCCCCCCCCN(c1c(O)cccc1O)P(N)(N)=O. The standard InChI is InChI=1S/C24H44N3O3P/c1-2-3-4-5-6-7-8-9-10-11-12-13-14-15-16-17-21-27(31(25,26)30)24-22(28)19-18-20-23(24)29/h9-10,18-20,28-29H,2-8,11-17,21H2,1H3,(H4,25,26,30). The molecule has 1 aromatic carbocycles. The van der Waals surface area contributed by atoms with Gasteiger partial charge in [-0.2, -0.15) is 0 Å². The van der Waals surface area contributed by atoms with E-state index in [9.17, 15) is 14.8 Å². The number of aromatic hydroxyl groups is 2. The normalized spacial score (nSPS) is 12.0. The number of para-hydroxylation sites is 1. The number of nitrogens with two attached hydrogens (primary N) is 2. The fraction of sp³-hybridized carbons (Fsp3) is 0.667. The first-order valence-corrected chi connectivity index (χ1v) is 13.8. The molecule has 0 spiro atoms. The Balaban J connectivity index is 2.13. The van der Waals surface area contributed by atoms with Crippen LogP contribution in [0, 0.1) is 0 Å². The maximum atomic E-state index is 12.3. The van der Waals surface area contributed by atoms with Crippen molar-refractivity contribution in [1.29, 1.82) is 0 Å². The summed E-state index contributed by atoms with van der Waals surface area (Å²) in [7, 11) is -3.64. The zero-order valence-electron chi connectivity index (χ0n) is 19.3. The van der Waals surface area contributed by atoms with Gasteiger partial charge < -0.3 is 10.2 Å². The van der Waals surface area contributed by atoms with Crippen LogP contribution in [-0.2, 0) is 4.57 Å². The van der Waals surface area contributed by atoms with Crippen LogP contribution >= 0.6 is 7.59 Å². The number of rotatable bonds is 18. The van der Waals surface area contributed by atoms with Crippen LogP contribution < -0.4 is 15.7 Å². The van der Waals surface area contributed by atoms with E-state index in [4.69, 9.17) is 11.0 Å². The molecule has 0 saturated heterocycles. The van der Waals surface area contributed by atoms with Gasteiger partial charge in [-0.15, -0.1) is 0 Å². The third kappa shape index (κ3) is 12.2. The number of hydrogen-bond donors (Lipinski definition) is 4. The molecule has 7 heteroatoms. The summed E-state index contributed by atoms with van der Waals surface area (Å²) in [6.07, 6.45) is 21.5. The van der Waals surface area contributed by atoms with Gasteiger partial charge in [0.1, 0.15) is 17.2 Å². The van der Waals surface area contributed by atoms with E-state index < -0.39 is 7.59 Å². The molecule has 0 amide bonds. The van der Waals surface area contributed by atoms with Crippen LogP contribution in [0.5, 0.6) is 11.5 Å². The first kappa shape index (κ1) is 27.5. The first-order valence-electron chi connectivity index (χ1n) is 12.0. The van der Waals surface area contributed by atoms with Crippen molar-refractivity contribution in [3.05, 3.63) is 30.4 Å². The predicted molar refractivity (Wildman–Crippen MR) is 133 cm³/mol. The van der Waals surface area contributed by atoms with E-state index in [1.165, 1.54) is 80.7 Å². The molecule has 0 bridgehead atoms. The molecule has 0 aliphatic carbocycles. The molecule has 0 heterocycles. The van der Waals surface area contributed by atoms with Crippen molar-refractivity contribution in [1.82, 2.24) is 0 Å². The van der Waals surface area contributed by atoms with Crippen LogP contribution in [0.4, 0.5) is 5.69 Å². The number of nitrogens with zero attached hydrogens (tertiary/aromatic N) is 1. The molecule has 0 aliphatic rings. The number of hydrogen-bond acceptors (Lipinski definition) is 3. The third-order valence-corrected chi connectivity index (χ3v) is 6.67. The average molecular weight is 454 g/mol. The number of anilines is 1. The molecule has 0 radical (unpaired) electrons. The van der Waals surface area contributed by atoms with E-state index in [-0.39, 0.29) is 17.2 Å². The Morgan fingerprint density at radius 2 is 1.26 bits per heavy atom. The van der Waals surface area contributed by atoms with Crippen LogP contribution in [0.25, 0.3) is 0 Å². The largest absolute Gasteiger partial charge is 0.506 e. The van der Waals surface area contributed by atoms with Crippen LogP contribution in [0.2, 0.25) is 0 Å². The highest BCUT2D eigenvalue weighted by atomic mass is 31.2. The van der Waals surface area contributed by atoms with E-state index >= 15 is 0 Å². The topological polar surface area (TPSA) is 113 Å². The van der Waals surface area contributed by atoms with Gasteiger partial charge in [-0.1, -0.05) is 82.9 Å². The van der Waals surface area contributed by atoms with Crippen LogP contribution in [0.15, 0.2) is 30.4 Å². The Hall–Kier alpha value is -1.49. The summed E-state index contributed by atoms with van der Waals surface area (Å²) in [6, 6.07) is 4.34. The van der Waals surface area contributed by atoms with E-state index in [1.54, 1.807) is 0 Å². The van der Waals surface area contributed by atoms with Gasteiger partial charge in [0.2, 0.25) is 0 Å². The number of allylic oxidation sites excluding steroid dienone is 2. The molecule has 31 heavy (non-hydrogen) atoms. The Morgan fingerprint density at radius 1 is 0.806 bits per heavy atom. The lowest BCUT2D eigenvalue weighted by atomic mass is 10.1. The molecule has 1 rings (SSSR count). The maximum Gasteiger partial charge on any atom is 0.300 e. The minimum Gasteiger partial charge on any atom is -0.506 e. The second kappa shape index (κ2) is 16.2. The lowest BCUT2D eigenvalue weighted by molar-refractivity contribution is 0.450. The summed E-state index contributed by atoms with van der Waals surface area (Å²) in [5.74, 6) is -0.360. The predicted octanol–water partition coefficient (Wildman–Crippen LogP) is 6.97. The third-order valence-electron chi connectivity index (χ3n) is 5.51. The number of phenolic OH excluding ortho intramolecular Hbond substituents is 2. The van der Waals surface area contributed by atoms with Crippen molar-refractivity contribution in [2.75, 3.05) is 11.2 Å². The molecule has 0 aliphatic heterocycles. The smallest absolute Gasteiger partial charge is 0.300 e. The van der Waals surface area contributed by atoms with Crippen molar-refractivity contribution < 1.29 is 14.8 Å². The van der Waals surface area contributed by atoms with Crippen molar-refractivity contribution in [2.45, 2.75) is 96.8 Å². The average Bonchev–Trinajstić information content (AvgIpc) is 2.71. The molecule has 0 aromatic heterocycles. The molecule has 0 unspecified atom stereocenters. The van der Waals surface area contributed by atoms with Crippen LogP contribution in [0.1, 0.15) is 96.8 Å². The molecule has 0 fully saturated rings. The zero-order chi connectivity index (χ0) is 23.0. The van der Waals surface area contributed by atoms with E-state index in [1.807, 2.05) is 0 Å². The highest BCUT2D eigenvalue weighted by Gasteiger charge is 2.26. The van der Waals surface area contributed by atoms with Gasteiger partial charge in [-0.25, -0.2) is 0 Å². The summed E-state index contributed by atoms with van der Waals surface area (Å²) in [5, 5.41) is 20.0. The summed E-state index contributed by atoms with van der Waals surface area (Å²) in [6.45, 7) is 2.58. The van der Waals surface area contributed by atoms with Crippen molar-refractivity contribution >= 4 is 13.3 Å². The molecule has 1 aromatic rings. The Kier molecular flexibility index (Phi) is 14.4. The number of benzene rings is 1. The lowest BCUT2D eigenvalue weighted by Gasteiger charge is -2.28. The Bertz CT molecular complexity index is 656. The minimum atomic E-state index is -3.64. The molecular formula is C24H44N3O3P. The summed E-state index contributed by atoms with van der Waals surface area (Å²) >= 11 is 0. The van der Waals surface area contributed by atoms with Gasteiger partial charge >= 0.3 is 7.59 Å². The van der Waals surface area contributed by atoms with Crippen molar-refractivity contribution in [3.63, 3.8) is 0 Å². The first-order chi connectivity index (χ1) is 14.9.